The minimum atomic E-state index is 0.0991. The van der Waals surface area contributed by atoms with E-state index >= 15 is 0 Å². The summed E-state index contributed by atoms with van der Waals surface area (Å²) in [4.78, 5) is 15.3. The normalized spacial score (nSPS) is 14.4. The molecule has 0 radical (unpaired) electrons. The number of aromatic nitrogens is 3. The first-order valence-corrected chi connectivity index (χ1v) is 17.1. The van der Waals surface area contributed by atoms with Gasteiger partial charge < -0.3 is 0 Å². The standard InChI is InChI=1S/C45H35N3/c1-4-14-31(15-5-1)32-22-24-34(25-23-32)43-46-42(33-16-6-2-7-17-33)47-44(48-43)39-20-9-8-18-36(39)35-26-27-38-37-19-10-11-21-40(37)45(41(38)30-35)28-12-3-13-29-45/h1-2,4-11,14-27,30H,3,12-13,28-29H2. The van der Waals surface area contributed by atoms with Crippen molar-refractivity contribution in [3.05, 3.63) is 163 Å². The van der Waals surface area contributed by atoms with Crippen LogP contribution in [0.15, 0.2) is 152 Å². The van der Waals surface area contributed by atoms with Crippen LogP contribution < -0.4 is 0 Å². The Kier molecular flexibility index (Phi) is 7.04. The van der Waals surface area contributed by atoms with Gasteiger partial charge in [-0.25, -0.2) is 15.0 Å². The average Bonchev–Trinajstić information content (AvgIpc) is 3.43. The Morgan fingerprint density at radius 1 is 0.333 bits per heavy atom. The van der Waals surface area contributed by atoms with Crippen LogP contribution in [-0.2, 0) is 5.41 Å². The molecule has 1 saturated carbocycles. The van der Waals surface area contributed by atoms with Gasteiger partial charge in [0.15, 0.2) is 17.5 Å². The molecule has 0 unspecified atom stereocenters. The third-order valence-electron chi connectivity index (χ3n) is 10.4. The Balaban J connectivity index is 1.18. The number of rotatable bonds is 5. The quantitative estimate of drug-likeness (QED) is 0.193. The van der Waals surface area contributed by atoms with Crippen LogP contribution >= 0.6 is 0 Å². The summed E-state index contributed by atoms with van der Waals surface area (Å²) >= 11 is 0. The highest BCUT2D eigenvalue weighted by Crippen LogP contribution is 2.56. The number of hydrogen-bond acceptors (Lipinski definition) is 3. The minimum absolute atomic E-state index is 0.0991. The molecule has 9 rings (SSSR count). The summed E-state index contributed by atoms with van der Waals surface area (Å²) in [6.45, 7) is 0. The fourth-order valence-electron chi connectivity index (χ4n) is 8.03. The average molecular weight is 618 g/mol. The summed E-state index contributed by atoms with van der Waals surface area (Å²) in [5.41, 5.74) is 13.5. The molecule has 48 heavy (non-hydrogen) atoms. The van der Waals surface area contributed by atoms with Crippen molar-refractivity contribution >= 4 is 0 Å². The Labute approximate surface area is 282 Å². The lowest BCUT2D eigenvalue weighted by molar-refractivity contribution is 0.353. The molecular formula is C45H35N3. The van der Waals surface area contributed by atoms with Crippen LogP contribution in [0.25, 0.3) is 67.5 Å². The minimum Gasteiger partial charge on any atom is -0.208 e. The monoisotopic (exact) mass is 617 g/mol. The summed E-state index contributed by atoms with van der Waals surface area (Å²) < 4.78 is 0. The first-order valence-electron chi connectivity index (χ1n) is 17.1. The fourth-order valence-corrected chi connectivity index (χ4v) is 8.03. The number of nitrogens with zero attached hydrogens (tertiary/aromatic N) is 3. The zero-order valence-electron chi connectivity index (χ0n) is 26.8. The van der Waals surface area contributed by atoms with Crippen molar-refractivity contribution in [3.8, 4) is 67.5 Å². The molecule has 1 heterocycles. The van der Waals surface area contributed by atoms with Crippen molar-refractivity contribution in [1.29, 1.82) is 0 Å². The largest absolute Gasteiger partial charge is 0.208 e. The van der Waals surface area contributed by atoms with E-state index in [9.17, 15) is 0 Å². The molecule has 7 aromatic rings. The third kappa shape index (κ3) is 4.86. The summed E-state index contributed by atoms with van der Waals surface area (Å²) in [7, 11) is 0. The van der Waals surface area contributed by atoms with E-state index in [1.165, 1.54) is 65.5 Å². The molecule has 0 N–H and O–H groups in total. The van der Waals surface area contributed by atoms with Crippen molar-refractivity contribution in [1.82, 2.24) is 15.0 Å². The maximum atomic E-state index is 5.15. The molecule has 0 aliphatic heterocycles. The number of benzene rings is 6. The molecule has 0 bridgehead atoms. The van der Waals surface area contributed by atoms with E-state index in [1.807, 2.05) is 24.3 Å². The topological polar surface area (TPSA) is 38.7 Å². The number of hydrogen-bond donors (Lipinski definition) is 0. The van der Waals surface area contributed by atoms with Crippen molar-refractivity contribution in [3.63, 3.8) is 0 Å². The van der Waals surface area contributed by atoms with Gasteiger partial charge in [-0.05, 0) is 63.4 Å². The van der Waals surface area contributed by atoms with Gasteiger partial charge in [-0.3, -0.25) is 0 Å². The molecule has 230 valence electrons. The lowest BCUT2D eigenvalue weighted by Crippen LogP contribution is -2.28. The van der Waals surface area contributed by atoms with Gasteiger partial charge in [0.25, 0.3) is 0 Å². The van der Waals surface area contributed by atoms with Crippen molar-refractivity contribution in [2.75, 3.05) is 0 Å². The van der Waals surface area contributed by atoms with Gasteiger partial charge in [0.2, 0.25) is 0 Å². The summed E-state index contributed by atoms with van der Waals surface area (Å²) in [5, 5.41) is 0. The predicted octanol–water partition coefficient (Wildman–Crippen LogP) is 11.4. The summed E-state index contributed by atoms with van der Waals surface area (Å²) in [5.74, 6) is 2.01. The van der Waals surface area contributed by atoms with Gasteiger partial charge >= 0.3 is 0 Å². The first kappa shape index (κ1) is 28.5. The van der Waals surface area contributed by atoms with Crippen molar-refractivity contribution in [2.24, 2.45) is 0 Å². The van der Waals surface area contributed by atoms with Gasteiger partial charge in [-0.1, -0.05) is 165 Å². The van der Waals surface area contributed by atoms with E-state index in [0.717, 1.165) is 27.8 Å². The van der Waals surface area contributed by atoms with Crippen LogP contribution in [0.1, 0.15) is 43.2 Å². The van der Waals surface area contributed by atoms with Crippen LogP contribution in [-0.4, -0.2) is 15.0 Å². The third-order valence-corrected chi connectivity index (χ3v) is 10.4. The van der Waals surface area contributed by atoms with Gasteiger partial charge in [0, 0.05) is 22.1 Å². The Hall–Kier alpha value is -5.67. The van der Waals surface area contributed by atoms with Crippen LogP contribution in [0.5, 0.6) is 0 Å². The Bertz CT molecular complexity index is 2250. The van der Waals surface area contributed by atoms with Crippen molar-refractivity contribution < 1.29 is 0 Å². The molecule has 3 heteroatoms. The molecular weight excluding hydrogens is 583 g/mol. The highest BCUT2D eigenvalue weighted by Gasteiger charge is 2.43. The SMILES string of the molecule is c1ccc(-c2ccc(-c3nc(-c4ccccc4)nc(-c4ccccc4-c4ccc5c(c4)C4(CCCCC4)c4ccccc4-5)n3)cc2)cc1. The van der Waals surface area contributed by atoms with Crippen LogP contribution in [0.3, 0.4) is 0 Å². The van der Waals surface area contributed by atoms with Crippen molar-refractivity contribution in [2.45, 2.75) is 37.5 Å². The molecule has 0 saturated heterocycles. The summed E-state index contributed by atoms with van der Waals surface area (Å²) in [6, 6.07) is 54.0. The zero-order valence-corrected chi connectivity index (χ0v) is 26.8. The molecule has 1 fully saturated rings. The van der Waals surface area contributed by atoms with E-state index in [0.29, 0.717) is 17.5 Å². The van der Waals surface area contributed by atoms with Crippen LogP contribution in [0.2, 0.25) is 0 Å². The lowest BCUT2D eigenvalue weighted by atomic mass is 9.67. The van der Waals surface area contributed by atoms with E-state index in [1.54, 1.807) is 0 Å². The second-order valence-electron chi connectivity index (χ2n) is 13.1. The molecule has 0 atom stereocenters. The highest BCUT2D eigenvalue weighted by molar-refractivity contribution is 5.87. The van der Waals surface area contributed by atoms with E-state index in [4.69, 9.17) is 15.0 Å². The second-order valence-corrected chi connectivity index (χ2v) is 13.1. The molecule has 1 aromatic heterocycles. The molecule has 2 aliphatic rings. The lowest BCUT2D eigenvalue weighted by Gasteiger charge is -2.36. The van der Waals surface area contributed by atoms with E-state index in [2.05, 4.69) is 127 Å². The molecule has 2 aliphatic carbocycles. The zero-order chi connectivity index (χ0) is 31.9. The predicted molar refractivity (Wildman–Crippen MR) is 196 cm³/mol. The van der Waals surface area contributed by atoms with Gasteiger partial charge in [0.1, 0.15) is 0 Å². The molecule has 1 spiro atoms. The molecule has 3 nitrogen and oxygen atoms in total. The van der Waals surface area contributed by atoms with Crippen LogP contribution in [0, 0.1) is 0 Å². The highest BCUT2D eigenvalue weighted by atomic mass is 15.0. The van der Waals surface area contributed by atoms with E-state index in [-0.39, 0.29) is 5.41 Å². The maximum Gasteiger partial charge on any atom is 0.164 e. The van der Waals surface area contributed by atoms with Crippen LogP contribution in [0.4, 0.5) is 0 Å². The number of fused-ring (bicyclic) bond motifs is 5. The van der Waals surface area contributed by atoms with Gasteiger partial charge in [-0.15, -0.1) is 0 Å². The Morgan fingerprint density at radius 2 is 0.812 bits per heavy atom. The fraction of sp³-hybridized carbons (Fsp3) is 0.133. The molecule has 0 amide bonds. The van der Waals surface area contributed by atoms with Gasteiger partial charge in [0.05, 0.1) is 0 Å². The first-order chi connectivity index (χ1) is 23.8. The summed E-state index contributed by atoms with van der Waals surface area (Å²) in [6.07, 6.45) is 6.29. The second kappa shape index (κ2) is 11.8. The Morgan fingerprint density at radius 3 is 1.52 bits per heavy atom. The van der Waals surface area contributed by atoms with Gasteiger partial charge in [-0.2, -0.15) is 0 Å². The smallest absolute Gasteiger partial charge is 0.164 e. The van der Waals surface area contributed by atoms with E-state index < -0.39 is 0 Å². The maximum absolute atomic E-state index is 5.15. The molecule has 6 aromatic carbocycles.